The predicted octanol–water partition coefficient (Wildman–Crippen LogP) is 4.52. The number of nitrogens with one attached hydrogen (secondary N) is 1. The number of carbonyl (C=O) groups is 1. The van der Waals surface area contributed by atoms with Crippen molar-refractivity contribution < 1.29 is 9.90 Å². The monoisotopic (exact) mass is 440 g/mol. The normalized spacial score (nSPS) is 21.6. The Hall–Kier alpha value is -1.32. The second kappa shape index (κ2) is 7.98. The quantitative estimate of drug-likeness (QED) is 0.534. The summed E-state index contributed by atoms with van der Waals surface area (Å²) >= 11 is 6.57. The first-order chi connectivity index (χ1) is 10.9. The molecule has 0 aliphatic heterocycles. The zero-order valence-corrected chi connectivity index (χ0v) is 15.9. The molecule has 1 aliphatic rings. The molecule has 1 fully saturated rings. The molecule has 122 valence electrons. The van der Waals surface area contributed by atoms with E-state index in [-0.39, 0.29) is 23.3 Å². The van der Waals surface area contributed by atoms with Gasteiger partial charge in [0.1, 0.15) is 17.4 Å². The van der Waals surface area contributed by atoms with Gasteiger partial charge in [-0.2, -0.15) is 5.26 Å². The summed E-state index contributed by atoms with van der Waals surface area (Å²) in [6.45, 7) is 2.12. The number of aromatic hydroxyl groups is 1. The number of halogens is 2. The molecular weight excluding hydrogens is 424 g/mol. The maximum atomic E-state index is 12.4. The van der Waals surface area contributed by atoms with Crippen LogP contribution in [0.15, 0.2) is 26.7 Å². The van der Waals surface area contributed by atoms with E-state index in [0.717, 1.165) is 23.7 Å². The number of benzene rings is 1. The number of nitrogens with zero attached hydrogens (tertiary/aromatic N) is 1. The second-order valence-corrected chi connectivity index (χ2v) is 7.61. The van der Waals surface area contributed by atoms with Crippen molar-refractivity contribution in [3.8, 4) is 11.8 Å². The van der Waals surface area contributed by atoms with Gasteiger partial charge in [0.05, 0.1) is 4.47 Å². The number of hydrogen-bond acceptors (Lipinski definition) is 3. The Morgan fingerprint density at radius 3 is 2.74 bits per heavy atom. The standard InChI is InChI=1S/C17H18Br2N2O2/c1-10-4-2-3-5-15(10)21-17(23)12(9-20)6-11-7-13(18)8-14(19)16(11)22/h6-8,10,15,22H,2-5H2,1H3,(H,21,23)/b12-6+/t10-,15-/m1/s1. The SMILES string of the molecule is C[C@@H]1CCCC[C@H]1NC(=O)/C(C#N)=C/c1cc(Br)cc(Br)c1O. The van der Waals surface area contributed by atoms with Crippen molar-refractivity contribution in [2.45, 2.75) is 38.6 Å². The molecule has 0 radical (unpaired) electrons. The number of nitriles is 1. The fourth-order valence-corrected chi connectivity index (χ4v) is 4.04. The molecule has 1 amide bonds. The zero-order chi connectivity index (χ0) is 17.0. The van der Waals surface area contributed by atoms with Crippen LogP contribution in [0.25, 0.3) is 6.08 Å². The van der Waals surface area contributed by atoms with Gasteiger partial charge in [0.2, 0.25) is 0 Å². The minimum Gasteiger partial charge on any atom is -0.506 e. The molecule has 2 rings (SSSR count). The number of phenols is 1. The van der Waals surface area contributed by atoms with Crippen molar-refractivity contribution in [2.24, 2.45) is 5.92 Å². The van der Waals surface area contributed by atoms with Crippen molar-refractivity contribution >= 4 is 43.8 Å². The Morgan fingerprint density at radius 2 is 2.09 bits per heavy atom. The summed E-state index contributed by atoms with van der Waals surface area (Å²) in [5.74, 6) is 0.0302. The molecular formula is C17H18Br2N2O2. The van der Waals surface area contributed by atoms with Gasteiger partial charge in [0.25, 0.3) is 5.91 Å². The van der Waals surface area contributed by atoms with E-state index >= 15 is 0 Å². The molecule has 1 saturated carbocycles. The van der Waals surface area contributed by atoms with E-state index in [2.05, 4.69) is 44.1 Å². The summed E-state index contributed by atoms with van der Waals surface area (Å²) in [6.07, 6.45) is 5.73. The van der Waals surface area contributed by atoms with Crippen LogP contribution >= 0.6 is 31.9 Å². The highest BCUT2D eigenvalue weighted by atomic mass is 79.9. The van der Waals surface area contributed by atoms with Crippen molar-refractivity contribution in [3.63, 3.8) is 0 Å². The Bertz CT molecular complexity index is 680. The molecule has 0 saturated heterocycles. The van der Waals surface area contributed by atoms with Crippen molar-refractivity contribution in [1.29, 1.82) is 5.26 Å². The highest BCUT2D eigenvalue weighted by Crippen LogP contribution is 2.33. The molecule has 6 heteroatoms. The fraction of sp³-hybridized carbons (Fsp3) is 0.412. The van der Waals surface area contributed by atoms with Crippen LogP contribution in [0.2, 0.25) is 0 Å². The van der Waals surface area contributed by atoms with E-state index in [1.54, 1.807) is 12.1 Å². The Kier molecular flexibility index (Phi) is 6.25. The van der Waals surface area contributed by atoms with Crippen molar-refractivity contribution in [3.05, 3.63) is 32.2 Å². The lowest BCUT2D eigenvalue weighted by atomic mass is 9.86. The van der Waals surface area contributed by atoms with Gasteiger partial charge >= 0.3 is 0 Å². The summed E-state index contributed by atoms with van der Waals surface area (Å²) in [5, 5.41) is 22.3. The molecule has 0 heterocycles. The van der Waals surface area contributed by atoms with Gasteiger partial charge in [-0.05, 0) is 52.9 Å². The topological polar surface area (TPSA) is 73.1 Å². The Labute approximate surface area is 152 Å². The lowest BCUT2D eigenvalue weighted by Crippen LogP contribution is -2.41. The lowest BCUT2D eigenvalue weighted by molar-refractivity contribution is -0.118. The molecule has 4 nitrogen and oxygen atoms in total. The summed E-state index contributed by atoms with van der Waals surface area (Å²) in [5.41, 5.74) is 0.401. The smallest absolute Gasteiger partial charge is 0.262 e. The number of carbonyl (C=O) groups excluding carboxylic acids is 1. The molecule has 0 bridgehead atoms. The second-order valence-electron chi connectivity index (χ2n) is 5.84. The van der Waals surface area contributed by atoms with Crippen LogP contribution in [0, 0.1) is 17.2 Å². The van der Waals surface area contributed by atoms with Gasteiger partial charge in [-0.3, -0.25) is 4.79 Å². The van der Waals surface area contributed by atoms with E-state index in [0.29, 0.717) is 16.0 Å². The number of amides is 1. The van der Waals surface area contributed by atoms with Crippen molar-refractivity contribution in [2.75, 3.05) is 0 Å². The third-order valence-electron chi connectivity index (χ3n) is 4.15. The van der Waals surface area contributed by atoms with E-state index in [9.17, 15) is 15.2 Å². The van der Waals surface area contributed by atoms with Crippen LogP contribution < -0.4 is 5.32 Å². The van der Waals surface area contributed by atoms with Gasteiger partial charge in [0.15, 0.2) is 0 Å². The highest BCUT2D eigenvalue weighted by Gasteiger charge is 2.24. The number of rotatable bonds is 3. The molecule has 1 aliphatic carbocycles. The summed E-state index contributed by atoms with van der Waals surface area (Å²) < 4.78 is 1.24. The zero-order valence-electron chi connectivity index (χ0n) is 12.8. The third-order valence-corrected chi connectivity index (χ3v) is 5.21. The summed E-state index contributed by atoms with van der Waals surface area (Å²) in [7, 11) is 0. The molecule has 2 atom stereocenters. The van der Waals surface area contributed by atoms with Crippen LogP contribution in [0.3, 0.4) is 0 Å². The van der Waals surface area contributed by atoms with Gasteiger partial charge < -0.3 is 10.4 Å². The van der Waals surface area contributed by atoms with Crippen LogP contribution in [-0.4, -0.2) is 17.1 Å². The first-order valence-electron chi connectivity index (χ1n) is 7.53. The predicted molar refractivity (Wildman–Crippen MR) is 96.7 cm³/mol. The Morgan fingerprint density at radius 1 is 1.39 bits per heavy atom. The first kappa shape index (κ1) is 18.0. The molecule has 2 N–H and O–H groups in total. The minimum absolute atomic E-state index is 0.000200. The maximum Gasteiger partial charge on any atom is 0.262 e. The van der Waals surface area contributed by atoms with Crippen molar-refractivity contribution in [1.82, 2.24) is 5.32 Å². The molecule has 0 unspecified atom stereocenters. The largest absolute Gasteiger partial charge is 0.506 e. The average Bonchev–Trinajstić information content (AvgIpc) is 2.51. The van der Waals surface area contributed by atoms with E-state index in [4.69, 9.17) is 0 Å². The van der Waals surface area contributed by atoms with Gasteiger partial charge in [-0.25, -0.2) is 0 Å². The van der Waals surface area contributed by atoms with Crippen LogP contribution in [0.1, 0.15) is 38.2 Å². The molecule has 1 aromatic carbocycles. The maximum absolute atomic E-state index is 12.4. The number of phenolic OH excluding ortho intramolecular Hbond substituents is 1. The molecule has 0 aromatic heterocycles. The first-order valence-corrected chi connectivity index (χ1v) is 9.11. The molecule has 23 heavy (non-hydrogen) atoms. The van der Waals surface area contributed by atoms with E-state index < -0.39 is 0 Å². The van der Waals surface area contributed by atoms with Crippen LogP contribution in [0.4, 0.5) is 0 Å². The molecule has 0 spiro atoms. The lowest BCUT2D eigenvalue weighted by Gasteiger charge is -2.29. The highest BCUT2D eigenvalue weighted by molar-refractivity contribution is 9.11. The minimum atomic E-state index is -0.387. The average molecular weight is 442 g/mol. The van der Waals surface area contributed by atoms with E-state index in [1.165, 1.54) is 12.5 Å². The third kappa shape index (κ3) is 4.58. The molecule has 1 aromatic rings. The van der Waals surface area contributed by atoms with Crippen LogP contribution in [-0.2, 0) is 4.79 Å². The van der Waals surface area contributed by atoms with E-state index in [1.807, 2.05) is 6.07 Å². The van der Waals surface area contributed by atoms with Gasteiger partial charge in [-0.15, -0.1) is 0 Å². The summed E-state index contributed by atoms with van der Waals surface area (Å²) in [6, 6.07) is 5.39. The van der Waals surface area contributed by atoms with Gasteiger partial charge in [0, 0.05) is 16.1 Å². The van der Waals surface area contributed by atoms with Gasteiger partial charge in [-0.1, -0.05) is 35.7 Å². The Balaban J connectivity index is 2.22. The van der Waals surface area contributed by atoms with Crippen LogP contribution in [0.5, 0.6) is 5.75 Å². The number of hydrogen-bond donors (Lipinski definition) is 2. The summed E-state index contributed by atoms with van der Waals surface area (Å²) in [4.78, 5) is 12.4. The fourth-order valence-electron chi connectivity index (χ4n) is 2.78.